The van der Waals surface area contributed by atoms with Crippen molar-refractivity contribution in [1.29, 1.82) is 0 Å². The van der Waals surface area contributed by atoms with E-state index in [0.29, 0.717) is 35.1 Å². The first-order valence-electron chi connectivity index (χ1n) is 9.24. The molecule has 0 radical (unpaired) electrons. The van der Waals surface area contributed by atoms with Gasteiger partial charge in [-0.15, -0.1) is 0 Å². The van der Waals surface area contributed by atoms with Crippen molar-refractivity contribution in [2.24, 2.45) is 0 Å². The van der Waals surface area contributed by atoms with Crippen LogP contribution < -0.4 is 15.4 Å². The second-order valence-corrected chi connectivity index (χ2v) is 6.24. The Labute approximate surface area is 169 Å². The number of benzene rings is 2. The van der Waals surface area contributed by atoms with Crippen LogP contribution in [0.3, 0.4) is 0 Å². The van der Waals surface area contributed by atoms with Crippen LogP contribution in [0.15, 0.2) is 76.8 Å². The third-order valence-corrected chi connectivity index (χ3v) is 4.00. The van der Waals surface area contributed by atoms with Gasteiger partial charge in [-0.1, -0.05) is 18.2 Å². The number of anilines is 1. The van der Waals surface area contributed by atoms with Crippen molar-refractivity contribution in [3.05, 3.63) is 89.5 Å². The Morgan fingerprint density at radius 3 is 2.34 bits per heavy atom. The third kappa shape index (κ3) is 5.59. The molecule has 0 saturated carbocycles. The Morgan fingerprint density at radius 2 is 1.72 bits per heavy atom. The lowest BCUT2D eigenvalue weighted by molar-refractivity contribution is -0.113. The molecule has 0 fully saturated rings. The molecule has 2 N–H and O–H groups in total. The van der Waals surface area contributed by atoms with Crippen molar-refractivity contribution in [1.82, 2.24) is 5.32 Å². The summed E-state index contributed by atoms with van der Waals surface area (Å²) in [5.41, 5.74) is 1.10. The summed E-state index contributed by atoms with van der Waals surface area (Å²) >= 11 is 0. The number of aryl methyl sites for hydroxylation is 1. The molecule has 148 valence electrons. The Bertz CT molecular complexity index is 1000. The van der Waals surface area contributed by atoms with Gasteiger partial charge in [0.15, 0.2) is 0 Å². The minimum atomic E-state index is -0.465. The molecule has 2 aromatic carbocycles. The first-order chi connectivity index (χ1) is 14.0. The lowest BCUT2D eigenvalue weighted by Crippen LogP contribution is -2.30. The molecule has 6 nitrogen and oxygen atoms in total. The van der Waals surface area contributed by atoms with Crippen LogP contribution in [0.25, 0.3) is 6.08 Å². The van der Waals surface area contributed by atoms with Crippen LogP contribution in [0, 0.1) is 6.92 Å². The SMILES string of the molecule is CCOc1ccc(NC(=O)C(=Cc2ccc(C)o2)NC(=O)c2ccccc2)cc1. The van der Waals surface area contributed by atoms with Gasteiger partial charge in [0, 0.05) is 17.3 Å². The molecule has 3 aromatic rings. The van der Waals surface area contributed by atoms with Crippen molar-refractivity contribution in [2.75, 3.05) is 11.9 Å². The fraction of sp³-hybridized carbons (Fsp3) is 0.130. The summed E-state index contributed by atoms with van der Waals surface area (Å²) in [5.74, 6) is 1.03. The predicted octanol–water partition coefficient (Wildman–Crippen LogP) is 4.40. The number of amides is 2. The monoisotopic (exact) mass is 390 g/mol. The highest BCUT2D eigenvalue weighted by Crippen LogP contribution is 2.17. The van der Waals surface area contributed by atoms with Crippen molar-refractivity contribution < 1.29 is 18.7 Å². The van der Waals surface area contributed by atoms with E-state index in [4.69, 9.17) is 9.15 Å². The normalized spacial score (nSPS) is 11.0. The third-order valence-electron chi connectivity index (χ3n) is 4.00. The maximum atomic E-state index is 12.8. The van der Waals surface area contributed by atoms with Gasteiger partial charge in [0.2, 0.25) is 0 Å². The number of ether oxygens (including phenoxy) is 1. The van der Waals surface area contributed by atoms with E-state index in [-0.39, 0.29) is 11.6 Å². The molecule has 0 bridgehead atoms. The van der Waals surface area contributed by atoms with E-state index in [1.165, 1.54) is 6.08 Å². The largest absolute Gasteiger partial charge is 0.494 e. The summed E-state index contributed by atoms with van der Waals surface area (Å²) in [6.07, 6.45) is 1.50. The Balaban J connectivity index is 1.81. The summed E-state index contributed by atoms with van der Waals surface area (Å²) in [7, 11) is 0. The van der Waals surface area contributed by atoms with E-state index in [0.717, 1.165) is 0 Å². The molecular weight excluding hydrogens is 368 g/mol. The van der Waals surface area contributed by atoms with Gasteiger partial charge in [0.25, 0.3) is 11.8 Å². The minimum Gasteiger partial charge on any atom is -0.494 e. The number of carbonyl (C=O) groups excluding carboxylic acids is 2. The molecule has 3 rings (SSSR count). The number of furan rings is 1. The molecule has 0 aliphatic rings. The van der Waals surface area contributed by atoms with Crippen LogP contribution in [0.2, 0.25) is 0 Å². The molecule has 1 heterocycles. The second kappa shape index (κ2) is 9.41. The van der Waals surface area contributed by atoms with Crippen LogP contribution in [0.5, 0.6) is 5.75 Å². The Morgan fingerprint density at radius 1 is 1.00 bits per heavy atom. The van der Waals surface area contributed by atoms with Crippen LogP contribution >= 0.6 is 0 Å². The standard InChI is InChI=1S/C23H22N2O4/c1-3-28-19-13-10-18(11-14-19)24-23(27)21(15-20-12-9-16(2)29-20)25-22(26)17-7-5-4-6-8-17/h4-15H,3H2,1-2H3,(H,24,27)(H,25,26). The number of rotatable bonds is 7. The van der Waals surface area contributed by atoms with E-state index in [1.807, 2.05) is 13.0 Å². The highest BCUT2D eigenvalue weighted by molar-refractivity contribution is 6.10. The topological polar surface area (TPSA) is 80.6 Å². The minimum absolute atomic E-state index is 0.0714. The average molecular weight is 390 g/mol. The van der Waals surface area contributed by atoms with Crippen LogP contribution in [0.4, 0.5) is 5.69 Å². The molecule has 0 aliphatic carbocycles. The zero-order valence-electron chi connectivity index (χ0n) is 16.3. The molecular formula is C23H22N2O4. The van der Waals surface area contributed by atoms with Crippen LogP contribution in [0.1, 0.15) is 28.8 Å². The molecule has 0 spiro atoms. The van der Waals surface area contributed by atoms with E-state index in [9.17, 15) is 9.59 Å². The fourth-order valence-electron chi connectivity index (χ4n) is 2.62. The first kappa shape index (κ1) is 19.9. The maximum Gasteiger partial charge on any atom is 0.272 e. The van der Waals surface area contributed by atoms with Crippen molar-refractivity contribution in [3.8, 4) is 5.75 Å². The predicted molar refractivity (Wildman–Crippen MR) is 112 cm³/mol. The van der Waals surface area contributed by atoms with Gasteiger partial charge in [-0.25, -0.2) is 0 Å². The molecule has 0 aliphatic heterocycles. The fourth-order valence-corrected chi connectivity index (χ4v) is 2.62. The molecule has 6 heteroatoms. The summed E-state index contributed by atoms with van der Waals surface area (Å²) in [5, 5.41) is 5.44. The van der Waals surface area contributed by atoms with Crippen LogP contribution in [-0.2, 0) is 4.79 Å². The smallest absolute Gasteiger partial charge is 0.272 e. The van der Waals surface area contributed by atoms with E-state index >= 15 is 0 Å². The highest BCUT2D eigenvalue weighted by Gasteiger charge is 2.16. The average Bonchev–Trinajstić information content (AvgIpc) is 3.14. The summed E-state index contributed by atoms with van der Waals surface area (Å²) < 4.78 is 10.9. The lowest BCUT2D eigenvalue weighted by atomic mass is 10.2. The van der Waals surface area contributed by atoms with Gasteiger partial charge >= 0.3 is 0 Å². The van der Waals surface area contributed by atoms with E-state index in [1.54, 1.807) is 67.6 Å². The zero-order chi connectivity index (χ0) is 20.6. The van der Waals surface area contributed by atoms with Gasteiger partial charge in [0.1, 0.15) is 23.0 Å². The van der Waals surface area contributed by atoms with Crippen LogP contribution in [-0.4, -0.2) is 18.4 Å². The summed E-state index contributed by atoms with van der Waals surface area (Å²) in [4.78, 5) is 25.4. The highest BCUT2D eigenvalue weighted by atomic mass is 16.5. The number of hydrogen-bond acceptors (Lipinski definition) is 4. The van der Waals surface area contributed by atoms with Gasteiger partial charge in [-0.05, 0) is 62.4 Å². The number of hydrogen-bond donors (Lipinski definition) is 2. The van der Waals surface area contributed by atoms with E-state index < -0.39 is 5.91 Å². The summed E-state index contributed by atoms with van der Waals surface area (Å²) in [6.45, 7) is 4.27. The molecule has 0 atom stereocenters. The van der Waals surface area contributed by atoms with Gasteiger partial charge in [0.05, 0.1) is 6.61 Å². The number of nitrogens with one attached hydrogen (secondary N) is 2. The molecule has 0 saturated heterocycles. The molecule has 1 aromatic heterocycles. The van der Waals surface area contributed by atoms with Gasteiger partial charge < -0.3 is 19.8 Å². The zero-order valence-corrected chi connectivity index (χ0v) is 16.3. The van der Waals surface area contributed by atoms with Gasteiger partial charge in [-0.3, -0.25) is 9.59 Å². The van der Waals surface area contributed by atoms with Gasteiger partial charge in [-0.2, -0.15) is 0 Å². The van der Waals surface area contributed by atoms with E-state index in [2.05, 4.69) is 10.6 Å². The number of carbonyl (C=O) groups is 2. The molecule has 0 unspecified atom stereocenters. The summed E-state index contributed by atoms with van der Waals surface area (Å²) in [6, 6.07) is 19.2. The lowest BCUT2D eigenvalue weighted by Gasteiger charge is -2.11. The van der Waals surface area contributed by atoms with Crippen molar-refractivity contribution >= 4 is 23.6 Å². The van der Waals surface area contributed by atoms with Crippen molar-refractivity contribution in [2.45, 2.75) is 13.8 Å². The first-order valence-corrected chi connectivity index (χ1v) is 9.24. The Hall–Kier alpha value is -3.80. The molecule has 29 heavy (non-hydrogen) atoms. The quantitative estimate of drug-likeness (QED) is 0.586. The second-order valence-electron chi connectivity index (χ2n) is 6.24. The molecule has 2 amide bonds. The maximum absolute atomic E-state index is 12.8. The Kier molecular flexibility index (Phi) is 6.47. The van der Waals surface area contributed by atoms with Crippen molar-refractivity contribution in [3.63, 3.8) is 0 Å².